The minimum Gasteiger partial charge on any atom is -0.369 e. The normalized spacial score (nSPS) is 20.4. The maximum atomic E-state index is 13.1. The standard InChI is InChI=1S/C23H27N5O3/c1-17-5-2-3-7-21(17)26-13-11-25(12-14-26)19-6-4-10-27(16-19)23(29)18-8-9-22-20(15-18)24-31-28(22)30/h2-3,5,7-9,15,19H,4,6,10-14,16H2,1H3/t19-/m0/s1. The zero-order chi connectivity index (χ0) is 21.4. The molecule has 162 valence electrons. The van der Waals surface area contributed by atoms with E-state index in [1.54, 1.807) is 18.2 Å². The number of piperidine rings is 1. The molecule has 2 aliphatic rings. The van der Waals surface area contributed by atoms with Gasteiger partial charge in [-0.05, 0) is 48.4 Å². The van der Waals surface area contributed by atoms with Gasteiger partial charge in [0, 0.05) is 67.8 Å². The van der Waals surface area contributed by atoms with E-state index in [9.17, 15) is 10.0 Å². The van der Waals surface area contributed by atoms with Crippen molar-refractivity contribution in [3.63, 3.8) is 0 Å². The van der Waals surface area contributed by atoms with Crippen LogP contribution in [0.4, 0.5) is 5.69 Å². The summed E-state index contributed by atoms with van der Waals surface area (Å²) in [4.78, 5) is 20.4. The Labute approximate surface area is 181 Å². The summed E-state index contributed by atoms with van der Waals surface area (Å²) in [6.07, 6.45) is 2.12. The minimum atomic E-state index is -0.00871. The van der Waals surface area contributed by atoms with Crippen molar-refractivity contribution in [3.8, 4) is 0 Å². The Balaban J connectivity index is 1.23. The summed E-state index contributed by atoms with van der Waals surface area (Å²) in [7, 11) is 0. The van der Waals surface area contributed by atoms with E-state index >= 15 is 0 Å². The number of hydrogen-bond donors (Lipinski definition) is 0. The van der Waals surface area contributed by atoms with Crippen LogP contribution in [0.25, 0.3) is 11.0 Å². The van der Waals surface area contributed by atoms with Gasteiger partial charge < -0.3 is 15.0 Å². The third-order valence-corrected chi connectivity index (χ3v) is 6.60. The molecule has 8 nitrogen and oxygen atoms in total. The summed E-state index contributed by atoms with van der Waals surface area (Å²) in [5.41, 5.74) is 3.93. The summed E-state index contributed by atoms with van der Waals surface area (Å²) in [6, 6.07) is 13.9. The van der Waals surface area contributed by atoms with E-state index < -0.39 is 0 Å². The number of hydrogen-bond acceptors (Lipinski definition) is 6. The summed E-state index contributed by atoms with van der Waals surface area (Å²) in [6.45, 7) is 7.70. The molecule has 8 heteroatoms. The summed E-state index contributed by atoms with van der Waals surface area (Å²) < 4.78 is 4.62. The van der Waals surface area contributed by atoms with Gasteiger partial charge in [-0.1, -0.05) is 18.2 Å². The van der Waals surface area contributed by atoms with Crippen molar-refractivity contribution in [1.29, 1.82) is 0 Å². The van der Waals surface area contributed by atoms with E-state index in [0.717, 1.165) is 52.1 Å². The highest BCUT2D eigenvalue weighted by Gasteiger charge is 2.31. The Morgan fingerprint density at radius 3 is 2.74 bits per heavy atom. The third kappa shape index (κ3) is 3.83. The van der Waals surface area contributed by atoms with Gasteiger partial charge >= 0.3 is 0 Å². The van der Waals surface area contributed by atoms with Crippen molar-refractivity contribution in [2.75, 3.05) is 44.2 Å². The van der Waals surface area contributed by atoms with E-state index in [0.29, 0.717) is 27.5 Å². The molecule has 3 heterocycles. The monoisotopic (exact) mass is 421 g/mol. The maximum absolute atomic E-state index is 13.1. The van der Waals surface area contributed by atoms with Gasteiger partial charge in [-0.25, -0.2) is 0 Å². The molecule has 1 amide bonds. The number of aromatic nitrogens is 2. The van der Waals surface area contributed by atoms with Crippen molar-refractivity contribution >= 4 is 22.6 Å². The average molecular weight is 422 g/mol. The van der Waals surface area contributed by atoms with Gasteiger partial charge in [0.05, 0.1) is 0 Å². The van der Waals surface area contributed by atoms with Gasteiger partial charge in [0.25, 0.3) is 5.91 Å². The zero-order valence-electron chi connectivity index (χ0n) is 17.7. The van der Waals surface area contributed by atoms with Gasteiger partial charge in [-0.15, -0.1) is 0 Å². The number of piperazine rings is 1. The molecule has 3 aromatic rings. The van der Waals surface area contributed by atoms with Crippen LogP contribution in [0, 0.1) is 12.1 Å². The molecular weight excluding hydrogens is 394 g/mol. The molecule has 0 aliphatic carbocycles. The second kappa shape index (κ2) is 8.19. The lowest BCUT2D eigenvalue weighted by Crippen LogP contribution is -2.56. The maximum Gasteiger partial charge on any atom is 0.254 e. The largest absolute Gasteiger partial charge is 0.369 e. The van der Waals surface area contributed by atoms with E-state index in [2.05, 4.69) is 50.8 Å². The topological polar surface area (TPSA) is 79.8 Å². The quantitative estimate of drug-likeness (QED) is 0.603. The number of carbonyl (C=O) groups excluding carboxylic acids is 1. The number of amides is 1. The highest BCUT2D eigenvalue weighted by molar-refractivity contribution is 5.97. The first-order valence-electron chi connectivity index (χ1n) is 10.9. The van der Waals surface area contributed by atoms with Crippen LogP contribution in [-0.2, 0) is 0 Å². The molecule has 1 atom stereocenters. The molecule has 2 aliphatic heterocycles. The number of likely N-dealkylation sites (tertiary alicyclic amines) is 1. The predicted octanol–water partition coefficient (Wildman–Crippen LogP) is 2.20. The van der Waals surface area contributed by atoms with Crippen molar-refractivity contribution in [1.82, 2.24) is 15.0 Å². The number of para-hydroxylation sites is 1. The second-order valence-corrected chi connectivity index (χ2v) is 8.49. The van der Waals surface area contributed by atoms with Crippen LogP contribution in [0.3, 0.4) is 0 Å². The first-order chi connectivity index (χ1) is 15.1. The van der Waals surface area contributed by atoms with Crippen molar-refractivity contribution in [2.24, 2.45) is 0 Å². The van der Waals surface area contributed by atoms with Crippen LogP contribution in [0.15, 0.2) is 47.1 Å². The molecular formula is C23H27N5O3. The fourth-order valence-electron chi connectivity index (χ4n) is 4.88. The molecule has 2 aromatic carbocycles. The molecule has 31 heavy (non-hydrogen) atoms. The lowest BCUT2D eigenvalue weighted by atomic mass is 10.0. The van der Waals surface area contributed by atoms with Crippen LogP contribution in [-0.4, -0.2) is 66.2 Å². The van der Waals surface area contributed by atoms with Gasteiger partial charge in [-0.3, -0.25) is 14.3 Å². The minimum absolute atomic E-state index is 0.00871. The SMILES string of the molecule is Cc1ccccc1N1CCN([C@H]2CCCN(C(=O)c3ccc4c(c3)no[n+]4[O-])C2)CC1. The van der Waals surface area contributed by atoms with Gasteiger partial charge in [0.1, 0.15) is 0 Å². The molecule has 0 radical (unpaired) electrons. The third-order valence-electron chi connectivity index (χ3n) is 6.60. The summed E-state index contributed by atoms with van der Waals surface area (Å²) in [5.74, 6) is -0.00871. The zero-order valence-corrected chi connectivity index (χ0v) is 17.7. The Morgan fingerprint density at radius 2 is 1.94 bits per heavy atom. The van der Waals surface area contributed by atoms with Crippen molar-refractivity contribution in [2.45, 2.75) is 25.8 Å². The van der Waals surface area contributed by atoms with E-state index in [1.807, 2.05) is 4.90 Å². The number of carbonyl (C=O) groups is 1. The van der Waals surface area contributed by atoms with E-state index in [-0.39, 0.29) is 5.91 Å². The number of benzene rings is 2. The van der Waals surface area contributed by atoms with Crippen LogP contribution in [0.1, 0.15) is 28.8 Å². The molecule has 5 rings (SSSR count). The highest BCUT2D eigenvalue weighted by Crippen LogP contribution is 2.24. The van der Waals surface area contributed by atoms with Crippen molar-refractivity contribution in [3.05, 3.63) is 58.8 Å². The smallest absolute Gasteiger partial charge is 0.254 e. The van der Waals surface area contributed by atoms with Gasteiger partial charge in [0.15, 0.2) is 0 Å². The molecule has 0 bridgehead atoms. The second-order valence-electron chi connectivity index (χ2n) is 8.49. The summed E-state index contributed by atoms with van der Waals surface area (Å²) >= 11 is 0. The molecule has 1 aromatic heterocycles. The lowest BCUT2D eigenvalue weighted by Gasteiger charge is -2.44. The molecule has 0 N–H and O–H groups in total. The first kappa shape index (κ1) is 19.8. The van der Waals surface area contributed by atoms with Crippen LogP contribution < -0.4 is 9.80 Å². The average Bonchev–Trinajstić information content (AvgIpc) is 3.19. The van der Waals surface area contributed by atoms with Crippen LogP contribution in [0.2, 0.25) is 0 Å². The lowest BCUT2D eigenvalue weighted by molar-refractivity contribution is -0.782. The number of fused-ring (bicyclic) bond motifs is 1. The van der Waals surface area contributed by atoms with Crippen LogP contribution >= 0.6 is 0 Å². The van der Waals surface area contributed by atoms with Gasteiger partial charge in [0.2, 0.25) is 11.0 Å². The first-order valence-corrected chi connectivity index (χ1v) is 10.9. The number of rotatable bonds is 3. The predicted molar refractivity (Wildman–Crippen MR) is 117 cm³/mol. The van der Waals surface area contributed by atoms with Gasteiger partial charge in [-0.2, -0.15) is 0 Å². The molecule has 2 fully saturated rings. The molecule has 2 saturated heterocycles. The Bertz CT molecular complexity index is 1090. The Kier molecular flexibility index (Phi) is 5.23. The van der Waals surface area contributed by atoms with E-state index in [1.165, 1.54) is 11.3 Å². The Morgan fingerprint density at radius 1 is 1.13 bits per heavy atom. The fraction of sp³-hybridized carbons (Fsp3) is 0.435. The fourth-order valence-corrected chi connectivity index (χ4v) is 4.88. The van der Waals surface area contributed by atoms with E-state index in [4.69, 9.17) is 0 Å². The highest BCUT2D eigenvalue weighted by atomic mass is 16.8. The van der Waals surface area contributed by atoms with Crippen molar-refractivity contribution < 1.29 is 14.3 Å². The number of nitrogens with zero attached hydrogens (tertiary/aromatic N) is 5. The summed E-state index contributed by atoms with van der Waals surface area (Å²) in [5, 5.41) is 15.2. The molecule has 0 saturated carbocycles. The molecule has 0 spiro atoms. The van der Waals surface area contributed by atoms with Crippen LogP contribution in [0.5, 0.6) is 0 Å². The molecule has 0 unspecified atom stereocenters. The number of aryl methyl sites for hydroxylation is 1. The number of anilines is 1. The Hall–Kier alpha value is -3.13.